The van der Waals surface area contributed by atoms with Gasteiger partial charge in [0, 0.05) is 39.5 Å². The van der Waals surface area contributed by atoms with Crippen LogP contribution in [0.4, 0.5) is 5.82 Å². The van der Waals surface area contributed by atoms with Gasteiger partial charge in [0.25, 0.3) is 5.91 Å². The van der Waals surface area contributed by atoms with Crippen molar-refractivity contribution in [2.75, 3.05) is 38.3 Å². The van der Waals surface area contributed by atoms with Crippen LogP contribution in [-0.2, 0) is 4.74 Å². The van der Waals surface area contributed by atoms with Crippen molar-refractivity contribution in [2.24, 2.45) is 5.92 Å². The number of hydrogen-bond acceptors (Lipinski definition) is 4. The molecule has 0 bridgehead atoms. The molecule has 5 heteroatoms. The quantitative estimate of drug-likeness (QED) is 0.812. The molecule has 1 aromatic rings. The Bertz CT molecular complexity index is 465. The SMILES string of the molecule is C=CCNC(=O)c1ccc(N2CCC(COC)CC2)nc1. The lowest BCUT2D eigenvalue weighted by molar-refractivity contribution is 0.0957. The molecule has 1 aromatic heterocycles. The monoisotopic (exact) mass is 289 g/mol. The van der Waals surface area contributed by atoms with Gasteiger partial charge in [-0.2, -0.15) is 0 Å². The van der Waals surface area contributed by atoms with Crippen LogP contribution in [0.25, 0.3) is 0 Å². The van der Waals surface area contributed by atoms with Gasteiger partial charge in [0.2, 0.25) is 0 Å². The number of ether oxygens (including phenoxy) is 1. The molecule has 1 aliphatic rings. The molecule has 0 unspecified atom stereocenters. The standard InChI is InChI=1S/C16H23N3O2/c1-3-8-17-16(20)14-4-5-15(18-11-14)19-9-6-13(7-10-19)12-21-2/h3-5,11,13H,1,6-10,12H2,2H3,(H,17,20). The molecule has 0 aliphatic carbocycles. The fraction of sp³-hybridized carbons (Fsp3) is 0.500. The average molecular weight is 289 g/mol. The normalized spacial score (nSPS) is 15.8. The zero-order chi connectivity index (χ0) is 15.1. The van der Waals surface area contributed by atoms with E-state index in [-0.39, 0.29) is 5.91 Å². The summed E-state index contributed by atoms with van der Waals surface area (Å²) in [7, 11) is 1.75. The molecule has 1 N–H and O–H groups in total. The maximum absolute atomic E-state index is 11.8. The number of amides is 1. The van der Waals surface area contributed by atoms with Crippen molar-refractivity contribution in [3.63, 3.8) is 0 Å². The van der Waals surface area contributed by atoms with E-state index < -0.39 is 0 Å². The molecule has 2 heterocycles. The number of pyridine rings is 1. The zero-order valence-electron chi connectivity index (χ0n) is 12.5. The third kappa shape index (κ3) is 4.29. The highest BCUT2D eigenvalue weighted by atomic mass is 16.5. The van der Waals surface area contributed by atoms with Crippen molar-refractivity contribution >= 4 is 11.7 Å². The van der Waals surface area contributed by atoms with E-state index in [4.69, 9.17) is 4.74 Å². The van der Waals surface area contributed by atoms with E-state index in [1.54, 1.807) is 19.4 Å². The van der Waals surface area contributed by atoms with Crippen molar-refractivity contribution in [3.05, 3.63) is 36.5 Å². The minimum absolute atomic E-state index is 0.118. The first-order chi connectivity index (χ1) is 10.2. The molecule has 21 heavy (non-hydrogen) atoms. The van der Waals surface area contributed by atoms with Crippen molar-refractivity contribution in [3.8, 4) is 0 Å². The topological polar surface area (TPSA) is 54.5 Å². The molecule has 1 aliphatic heterocycles. The summed E-state index contributed by atoms with van der Waals surface area (Å²) in [5, 5.41) is 2.74. The third-order valence-corrected chi connectivity index (χ3v) is 3.76. The Balaban J connectivity index is 1.90. The Morgan fingerprint density at radius 2 is 2.29 bits per heavy atom. The van der Waals surface area contributed by atoms with Gasteiger partial charge in [-0.15, -0.1) is 6.58 Å². The van der Waals surface area contributed by atoms with Crippen molar-refractivity contribution in [2.45, 2.75) is 12.8 Å². The van der Waals surface area contributed by atoms with Crippen molar-refractivity contribution in [1.29, 1.82) is 0 Å². The summed E-state index contributed by atoms with van der Waals surface area (Å²) in [6, 6.07) is 3.74. The van der Waals surface area contributed by atoms with Crippen LogP contribution in [0.2, 0.25) is 0 Å². The van der Waals surface area contributed by atoms with E-state index in [9.17, 15) is 4.79 Å². The fourth-order valence-electron chi connectivity index (χ4n) is 2.54. The summed E-state index contributed by atoms with van der Waals surface area (Å²) >= 11 is 0. The number of nitrogens with zero attached hydrogens (tertiary/aromatic N) is 2. The van der Waals surface area contributed by atoms with Gasteiger partial charge in [-0.05, 0) is 30.9 Å². The maximum atomic E-state index is 11.8. The number of carbonyl (C=O) groups is 1. The summed E-state index contributed by atoms with van der Waals surface area (Å²) in [5.74, 6) is 1.47. The van der Waals surface area contributed by atoms with Crippen molar-refractivity contribution in [1.82, 2.24) is 10.3 Å². The van der Waals surface area contributed by atoms with E-state index in [1.807, 2.05) is 12.1 Å². The lowest BCUT2D eigenvalue weighted by atomic mass is 9.98. The van der Waals surface area contributed by atoms with Crippen LogP contribution < -0.4 is 10.2 Å². The van der Waals surface area contributed by atoms with Crippen LogP contribution in [0.15, 0.2) is 31.0 Å². The molecular formula is C16H23N3O2. The molecule has 1 fully saturated rings. The Labute approximate surface area is 126 Å². The maximum Gasteiger partial charge on any atom is 0.253 e. The number of anilines is 1. The molecule has 2 rings (SSSR count). The predicted molar refractivity (Wildman–Crippen MR) is 83.6 cm³/mol. The molecule has 114 valence electrons. The minimum atomic E-state index is -0.118. The first-order valence-corrected chi connectivity index (χ1v) is 7.33. The zero-order valence-corrected chi connectivity index (χ0v) is 12.5. The van der Waals surface area contributed by atoms with Gasteiger partial charge in [-0.25, -0.2) is 4.98 Å². The Morgan fingerprint density at radius 1 is 1.52 bits per heavy atom. The van der Waals surface area contributed by atoms with Gasteiger partial charge in [-0.1, -0.05) is 6.08 Å². The Morgan fingerprint density at radius 3 is 2.86 bits per heavy atom. The summed E-state index contributed by atoms with van der Waals surface area (Å²) in [6.07, 6.45) is 5.53. The second-order valence-corrected chi connectivity index (χ2v) is 5.29. The van der Waals surface area contributed by atoms with E-state index in [1.165, 1.54) is 0 Å². The van der Waals surface area contributed by atoms with Crippen LogP contribution in [0.1, 0.15) is 23.2 Å². The number of nitrogens with one attached hydrogen (secondary N) is 1. The van der Waals surface area contributed by atoms with E-state index in [0.29, 0.717) is 18.0 Å². The largest absolute Gasteiger partial charge is 0.384 e. The molecular weight excluding hydrogens is 266 g/mol. The molecule has 1 saturated heterocycles. The molecule has 0 saturated carbocycles. The first kappa shape index (κ1) is 15.5. The molecule has 0 atom stereocenters. The highest BCUT2D eigenvalue weighted by molar-refractivity contribution is 5.94. The smallest absolute Gasteiger partial charge is 0.253 e. The Kier molecular flexibility index (Phi) is 5.75. The molecule has 0 radical (unpaired) electrons. The first-order valence-electron chi connectivity index (χ1n) is 7.33. The highest BCUT2D eigenvalue weighted by Gasteiger charge is 2.20. The predicted octanol–water partition coefficient (Wildman–Crippen LogP) is 1.86. The summed E-state index contributed by atoms with van der Waals surface area (Å²) in [6.45, 7) is 6.86. The lowest BCUT2D eigenvalue weighted by Crippen LogP contribution is -2.35. The van der Waals surface area contributed by atoms with Crippen LogP contribution in [-0.4, -0.2) is 44.2 Å². The van der Waals surface area contributed by atoms with Crippen LogP contribution in [0.5, 0.6) is 0 Å². The number of aromatic nitrogens is 1. The molecule has 5 nitrogen and oxygen atoms in total. The van der Waals surface area contributed by atoms with Gasteiger partial charge < -0.3 is 15.0 Å². The van der Waals surface area contributed by atoms with Gasteiger partial charge in [0.15, 0.2) is 0 Å². The second kappa shape index (κ2) is 7.78. The number of methoxy groups -OCH3 is 1. The van der Waals surface area contributed by atoms with Crippen molar-refractivity contribution < 1.29 is 9.53 Å². The summed E-state index contributed by atoms with van der Waals surface area (Å²) in [5.41, 5.74) is 0.579. The van der Waals surface area contributed by atoms with E-state index in [2.05, 4.69) is 21.8 Å². The number of carbonyl (C=O) groups excluding carboxylic acids is 1. The van der Waals surface area contributed by atoms with Crippen LogP contribution >= 0.6 is 0 Å². The molecule has 0 spiro atoms. The van der Waals surface area contributed by atoms with E-state index >= 15 is 0 Å². The van der Waals surface area contributed by atoms with E-state index in [0.717, 1.165) is 38.4 Å². The Hall–Kier alpha value is -1.88. The fourth-order valence-corrected chi connectivity index (χ4v) is 2.54. The van der Waals surface area contributed by atoms with Gasteiger partial charge in [-0.3, -0.25) is 4.79 Å². The molecule has 1 amide bonds. The lowest BCUT2D eigenvalue weighted by Gasteiger charge is -2.32. The number of rotatable bonds is 6. The summed E-state index contributed by atoms with van der Waals surface area (Å²) < 4.78 is 5.21. The summed E-state index contributed by atoms with van der Waals surface area (Å²) in [4.78, 5) is 18.5. The number of piperidine rings is 1. The van der Waals surface area contributed by atoms with Gasteiger partial charge in [0.1, 0.15) is 5.82 Å². The highest BCUT2D eigenvalue weighted by Crippen LogP contribution is 2.21. The van der Waals surface area contributed by atoms with Crippen LogP contribution in [0, 0.1) is 5.92 Å². The number of hydrogen-bond donors (Lipinski definition) is 1. The average Bonchev–Trinajstić information content (AvgIpc) is 2.54. The van der Waals surface area contributed by atoms with Gasteiger partial charge in [0.05, 0.1) is 5.56 Å². The van der Waals surface area contributed by atoms with Gasteiger partial charge >= 0.3 is 0 Å². The van der Waals surface area contributed by atoms with Crippen LogP contribution in [0.3, 0.4) is 0 Å². The second-order valence-electron chi connectivity index (χ2n) is 5.29. The third-order valence-electron chi connectivity index (χ3n) is 3.76. The molecule has 0 aromatic carbocycles. The minimum Gasteiger partial charge on any atom is -0.384 e.